The van der Waals surface area contributed by atoms with Gasteiger partial charge in [0.05, 0.1) is 26.5 Å². The third-order valence-electron chi connectivity index (χ3n) is 5.67. The summed E-state index contributed by atoms with van der Waals surface area (Å²) in [5.41, 5.74) is 1.32. The van der Waals surface area contributed by atoms with Gasteiger partial charge in [0.15, 0.2) is 28.7 Å². The fourth-order valence-electron chi connectivity index (χ4n) is 4.00. The van der Waals surface area contributed by atoms with Crippen LogP contribution in [-0.4, -0.2) is 69.4 Å². The van der Waals surface area contributed by atoms with Crippen molar-refractivity contribution < 1.29 is 31.7 Å². The highest BCUT2D eigenvalue weighted by molar-refractivity contribution is 7.86. The molecule has 0 radical (unpaired) electrons. The van der Waals surface area contributed by atoms with Crippen molar-refractivity contribution in [2.75, 3.05) is 33.6 Å². The molecule has 0 saturated heterocycles. The lowest BCUT2D eigenvalue weighted by Gasteiger charge is -2.25. The Hall–Kier alpha value is -3.67. The van der Waals surface area contributed by atoms with Crippen LogP contribution in [0.25, 0.3) is 0 Å². The summed E-state index contributed by atoms with van der Waals surface area (Å²) in [6.07, 6.45) is 0.914. The summed E-state index contributed by atoms with van der Waals surface area (Å²) < 4.78 is 39.9. The number of rotatable bonds is 9. The maximum atomic E-state index is 13.4. The molecule has 0 spiro atoms. The number of fused-ring (bicyclic) bond motifs is 1. The number of carbonyl (C=O) groups excluding carboxylic acids is 2. The number of hydrogen-bond acceptors (Lipinski definition) is 9. The van der Waals surface area contributed by atoms with Gasteiger partial charge in [0, 0.05) is 30.3 Å². The average molecular weight is 533 g/mol. The molecule has 2 heterocycles. The van der Waals surface area contributed by atoms with Crippen LogP contribution >= 0.6 is 0 Å². The smallest absolute Gasteiger partial charge is 0.306 e. The lowest BCUT2D eigenvalue weighted by Crippen LogP contribution is -2.31. The van der Waals surface area contributed by atoms with E-state index in [0.717, 1.165) is 6.26 Å². The Labute approximate surface area is 216 Å². The molecular formula is C25H32N4O7S. The maximum absolute atomic E-state index is 13.4. The van der Waals surface area contributed by atoms with Crippen LogP contribution in [0.4, 0.5) is 0 Å². The van der Waals surface area contributed by atoms with E-state index < -0.39 is 21.4 Å². The second kappa shape index (κ2) is 10.4. The largest absolute Gasteiger partial charge is 0.492 e. The SMILES string of the molecule is CCOc1cc2c(nc1C(=O)NC)C(=N)N(CC(=O)c1cc(OS(C)(=O)=O)c(OC)c(C(C)(C)C)c1)C2. The molecule has 1 aromatic heterocycles. The van der Waals surface area contributed by atoms with E-state index in [0.29, 0.717) is 29.2 Å². The van der Waals surface area contributed by atoms with Gasteiger partial charge in [0.1, 0.15) is 11.5 Å². The van der Waals surface area contributed by atoms with Crippen LogP contribution in [0.1, 0.15) is 65.4 Å². The van der Waals surface area contributed by atoms with Crippen molar-refractivity contribution in [3.05, 3.63) is 46.3 Å². The number of pyridine rings is 1. The number of amides is 1. The van der Waals surface area contributed by atoms with Crippen molar-refractivity contribution in [3.63, 3.8) is 0 Å². The minimum Gasteiger partial charge on any atom is -0.492 e. The first-order chi connectivity index (χ1) is 17.2. The first kappa shape index (κ1) is 27.9. The van der Waals surface area contributed by atoms with Crippen LogP contribution in [-0.2, 0) is 22.1 Å². The number of ketones is 1. The van der Waals surface area contributed by atoms with E-state index >= 15 is 0 Å². The Bertz CT molecular complexity index is 1360. The summed E-state index contributed by atoms with van der Waals surface area (Å²) in [5.74, 6) is -0.368. The summed E-state index contributed by atoms with van der Waals surface area (Å²) >= 11 is 0. The highest BCUT2D eigenvalue weighted by Crippen LogP contribution is 2.40. The number of Topliss-reactive ketones (excluding diaryl/α,β-unsaturated/α-hetero) is 1. The number of aromatic nitrogens is 1. The van der Waals surface area contributed by atoms with E-state index in [2.05, 4.69) is 10.3 Å². The topological polar surface area (TPSA) is 148 Å². The molecule has 0 aliphatic carbocycles. The van der Waals surface area contributed by atoms with Crippen molar-refractivity contribution in [1.29, 1.82) is 5.41 Å². The highest BCUT2D eigenvalue weighted by atomic mass is 32.2. The predicted octanol–water partition coefficient (Wildman–Crippen LogP) is 2.51. The second-order valence-corrected chi connectivity index (χ2v) is 11.2. The fourth-order valence-corrected chi connectivity index (χ4v) is 4.45. The summed E-state index contributed by atoms with van der Waals surface area (Å²) in [6.45, 7) is 7.87. The van der Waals surface area contributed by atoms with Crippen LogP contribution in [0.15, 0.2) is 18.2 Å². The van der Waals surface area contributed by atoms with Gasteiger partial charge in [-0.1, -0.05) is 20.8 Å². The number of nitrogens with one attached hydrogen (secondary N) is 2. The second-order valence-electron chi connectivity index (χ2n) is 9.58. The molecule has 3 rings (SSSR count). The van der Waals surface area contributed by atoms with Gasteiger partial charge in [-0.15, -0.1) is 0 Å². The number of ether oxygens (including phenoxy) is 2. The number of methoxy groups -OCH3 is 1. The van der Waals surface area contributed by atoms with Crippen LogP contribution in [0.2, 0.25) is 0 Å². The van der Waals surface area contributed by atoms with Crippen molar-refractivity contribution in [2.24, 2.45) is 0 Å². The van der Waals surface area contributed by atoms with Gasteiger partial charge < -0.3 is 23.9 Å². The van der Waals surface area contributed by atoms with E-state index in [1.165, 1.54) is 25.1 Å². The zero-order valence-corrected chi connectivity index (χ0v) is 22.8. The number of nitrogens with zero attached hydrogens (tertiary/aromatic N) is 2. The number of hydrogen-bond donors (Lipinski definition) is 2. The third-order valence-corrected chi connectivity index (χ3v) is 6.16. The first-order valence-electron chi connectivity index (χ1n) is 11.6. The lowest BCUT2D eigenvalue weighted by molar-refractivity contribution is 0.0949. The molecule has 2 N–H and O–H groups in total. The number of benzene rings is 1. The first-order valence-corrected chi connectivity index (χ1v) is 13.4. The van der Waals surface area contributed by atoms with Gasteiger partial charge in [-0.05, 0) is 30.5 Å². The van der Waals surface area contributed by atoms with E-state index in [-0.39, 0.29) is 47.5 Å². The van der Waals surface area contributed by atoms with Crippen LogP contribution in [0, 0.1) is 5.41 Å². The number of carbonyl (C=O) groups is 2. The molecule has 0 saturated carbocycles. The molecule has 37 heavy (non-hydrogen) atoms. The van der Waals surface area contributed by atoms with Crippen molar-refractivity contribution >= 4 is 27.6 Å². The van der Waals surface area contributed by atoms with E-state index in [9.17, 15) is 18.0 Å². The van der Waals surface area contributed by atoms with E-state index in [4.69, 9.17) is 19.1 Å². The van der Waals surface area contributed by atoms with Crippen molar-refractivity contribution in [3.8, 4) is 17.2 Å². The molecule has 2 aromatic rings. The van der Waals surface area contributed by atoms with Gasteiger partial charge in [-0.25, -0.2) is 4.98 Å². The van der Waals surface area contributed by atoms with E-state index in [1.54, 1.807) is 19.1 Å². The summed E-state index contributed by atoms with van der Waals surface area (Å²) in [6, 6.07) is 4.65. The minimum absolute atomic E-state index is 0.00582. The van der Waals surface area contributed by atoms with Crippen molar-refractivity contribution in [1.82, 2.24) is 15.2 Å². The molecule has 0 unspecified atom stereocenters. The Kier molecular flexibility index (Phi) is 7.82. The predicted molar refractivity (Wildman–Crippen MR) is 138 cm³/mol. The number of amidine groups is 1. The molecule has 0 bridgehead atoms. The minimum atomic E-state index is -3.89. The molecule has 0 atom stereocenters. The Morgan fingerprint density at radius 2 is 1.86 bits per heavy atom. The quantitative estimate of drug-likeness (QED) is 0.367. The van der Waals surface area contributed by atoms with Crippen LogP contribution in [0.5, 0.6) is 17.2 Å². The Morgan fingerprint density at radius 1 is 1.19 bits per heavy atom. The Morgan fingerprint density at radius 3 is 2.41 bits per heavy atom. The lowest BCUT2D eigenvalue weighted by atomic mass is 9.84. The van der Waals surface area contributed by atoms with Crippen LogP contribution in [0.3, 0.4) is 0 Å². The Balaban J connectivity index is 1.97. The molecule has 11 nitrogen and oxygen atoms in total. The molecule has 1 aliphatic rings. The third kappa shape index (κ3) is 6.01. The van der Waals surface area contributed by atoms with Gasteiger partial charge >= 0.3 is 10.1 Å². The van der Waals surface area contributed by atoms with Crippen LogP contribution < -0.4 is 19.0 Å². The molecule has 200 valence electrons. The summed E-state index contributed by atoms with van der Waals surface area (Å²) in [4.78, 5) is 31.6. The maximum Gasteiger partial charge on any atom is 0.306 e. The zero-order valence-electron chi connectivity index (χ0n) is 22.0. The normalized spacial score (nSPS) is 13.3. The molecule has 1 aromatic carbocycles. The standard InChI is InChI=1S/C25H32N4O7S/c1-8-35-18-11-15-12-29(23(26)20(15)28-21(18)24(31)27-5)13-17(30)14-9-16(25(2,3)4)22(34-6)19(10-14)36-37(7,32)33/h9-11,26H,8,12-13H2,1-7H3,(H,27,31). The zero-order chi connectivity index (χ0) is 27.7. The fraction of sp³-hybridized carbons (Fsp3) is 0.440. The molecule has 0 fully saturated rings. The average Bonchev–Trinajstić information content (AvgIpc) is 3.10. The molecule has 1 aliphatic heterocycles. The van der Waals surface area contributed by atoms with Gasteiger partial charge in [0.25, 0.3) is 5.91 Å². The van der Waals surface area contributed by atoms with Gasteiger partial charge in [-0.3, -0.25) is 15.0 Å². The summed E-state index contributed by atoms with van der Waals surface area (Å²) in [5, 5.41) is 11.1. The van der Waals surface area contributed by atoms with Gasteiger partial charge in [0.2, 0.25) is 0 Å². The highest BCUT2D eigenvalue weighted by Gasteiger charge is 2.32. The van der Waals surface area contributed by atoms with E-state index in [1.807, 2.05) is 20.8 Å². The molecule has 1 amide bonds. The monoisotopic (exact) mass is 532 g/mol. The molecule has 12 heteroatoms. The van der Waals surface area contributed by atoms with Crippen molar-refractivity contribution in [2.45, 2.75) is 39.7 Å². The van der Waals surface area contributed by atoms with Gasteiger partial charge in [-0.2, -0.15) is 8.42 Å². The molecular weight excluding hydrogens is 500 g/mol. The summed E-state index contributed by atoms with van der Waals surface area (Å²) in [7, 11) is -1.01.